The van der Waals surface area contributed by atoms with Crippen LogP contribution in [0, 0.1) is 4.91 Å². The molecule has 0 amide bonds. The molecule has 0 bridgehead atoms. The van der Waals surface area contributed by atoms with Crippen LogP contribution in [0.25, 0.3) is 6.08 Å². The Labute approximate surface area is 216 Å². The number of aliphatic hydroxyl groups is 3. The van der Waals surface area contributed by atoms with Gasteiger partial charge in [0, 0.05) is 11.2 Å². The van der Waals surface area contributed by atoms with Crippen molar-refractivity contribution in [2.24, 2.45) is 0 Å². The largest absolute Gasteiger partial charge is 0.480 e. The van der Waals surface area contributed by atoms with Crippen LogP contribution in [0.4, 0.5) is 32.6 Å². The topological polar surface area (TPSA) is 178 Å². The summed E-state index contributed by atoms with van der Waals surface area (Å²) in [6.07, 6.45) is -8.57. The van der Waals surface area contributed by atoms with Crippen LogP contribution in [-0.2, 0) is 25.1 Å². The highest BCUT2D eigenvalue weighted by Crippen LogP contribution is 3.02. The van der Waals surface area contributed by atoms with Crippen molar-refractivity contribution in [3.63, 3.8) is 0 Å². The van der Waals surface area contributed by atoms with Gasteiger partial charge >= 0.3 is 34.3 Å². The number of carboxylic acids is 1. The van der Waals surface area contributed by atoms with Crippen LogP contribution in [0.2, 0.25) is 0 Å². The summed E-state index contributed by atoms with van der Waals surface area (Å²) in [6.45, 7) is -1.38. The molecule has 1 aromatic carbocycles. The SMILES string of the molecule is O=C(OCON[N+](=O)N1CCC[C@H]1C(=O)O)C1=Cc2cc(S(F)(F)(F)(F)F)cc(C(O)(O)O)c2OC1C(F)(F)F. The zero-order valence-electron chi connectivity index (χ0n) is 19.3. The Hall–Kier alpha value is -3.47. The van der Waals surface area contributed by atoms with Crippen molar-refractivity contribution in [3.8, 4) is 5.75 Å². The average Bonchev–Trinajstić information content (AvgIpc) is 3.27. The summed E-state index contributed by atoms with van der Waals surface area (Å²) in [5.74, 6) is -9.29. The van der Waals surface area contributed by atoms with Gasteiger partial charge in [-0.2, -0.15) is 18.0 Å². The molecule has 0 aliphatic carbocycles. The maximum absolute atomic E-state index is 13.6. The Morgan fingerprint density at radius 1 is 1.15 bits per heavy atom. The van der Waals surface area contributed by atoms with Gasteiger partial charge < -0.3 is 29.9 Å². The number of carbonyl (C=O) groups excluding carboxylic acids is 1. The predicted molar refractivity (Wildman–Crippen MR) is 111 cm³/mol. The molecule has 1 aromatic rings. The van der Waals surface area contributed by atoms with Crippen molar-refractivity contribution in [2.75, 3.05) is 13.3 Å². The minimum absolute atomic E-state index is 0.0312. The second-order valence-electron chi connectivity index (χ2n) is 8.35. The number of alkyl halides is 3. The fraction of sp³-hybridized carbons (Fsp3) is 0.444. The first-order chi connectivity index (χ1) is 17.9. The summed E-state index contributed by atoms with van der Waals surface area (Å²) in [6, 6.07) is -2.42. The smallest absolute Gasteiger partial charge is 0.430 e. The minimum atomic E-state index is -10.7. The van der Waals surface area contributed by atoms with Gasteiger partial charge in [0.05, 0.1) is 22.6 Å². The van der Waals surface area contributed by atoms with Gasteiger partial charge in [-0.05, 0) is 31.1 Å². The number of ether oxygens (including phenoxy) is 2. The van der Waals surface area contributed by atoms with Crippen LogP contribution < -0.4 is 10.3 Å². The molecule has 2 aliphatic heterocycles. The second kappa shape index (κ2) is 9.29. The number of benzene rings is 1. The van der Waals surface area contributed by atoms with Gasteiger partial charge in [-0.15, -0.1) is 0 Å². The zero-order chi connectivity index (χ0) is 30.5. The number of hydrazine groups is 2. The van der Waals surface area contributed by atoms with Gasteiger partial charge in [-0.3, -0.25) is 0 Å². The summed E-state index contributed by atoms with van der Waals surface area (Å²) in [7, 11) is -10.7. The fourth-order valence-corrected chi connectivity index (χ4v) is 4.38. The number of halogens is 8. The quantitative estimate of drug-likeness (QED) is 0.0681. The maximum Gasteiger partial charge on any atom is 0.430 e. The number of carbonyl (C=O) groups is 2. The highest BCUT2D eigenvalue weighted by atomic mass is 32.5. The van der Waals surface area contributed by atoms with Crippen LogP contribution in [0.1, 0.15) is 24.0 Å². The Bertz CT molecular complexity index is 1270. The Morgan fingerprint density at radius 2 is 1.77 bits per heavy atom. The van der Waals surface area contributed by atoms with Gasteiger partial charge in [-0.25, -0.2) is 9.59 Å². The Kier molecular flexibility index (Phi) is 7.21. The maximum atomic E-state index is 13.6. The van der Waals surface area contributed by atoms with E-state index in [0.29, 0.717) is 6.42 Å². The zero-order valence-corrected chi connectivity index (χ0v) is 20.1. The molecule has 2 heterocycles. The molecule has 1 unspecified atom stereocenters. The number of fused-ring (bicyclic) bond motifs is 1. The van der Waals surface area contributed by atoms with E-state index in [4.69, 9.17) is 5.11 Å². The second-order valence-corrected chi connectivity index (χ2v) is 10.8. The molecular formula is C18H18F8N3O10S+. The number of esters is 1. The monoisotopic (exact) mass is 620 g/mol. The third-order valence-electron chi connectivity index (χ3n) is 5.39. The lowest BCUT2D eigenvalue weighted by Gasteiger charge is -2.41. The number of nitroso groups, excluding NO2 is 1. The summed E-state index contributed by atoms with van der Waals surface area (Å²) < 4.78 is 117. The molecule has 3 rings (SSSR count). The van der Waals surface area contributed by atoms with E-state index >= 15 is 0 Å². The number of rotatable bonds is 9. The molecular weight excluding hydrogens is 602 g/mol. The van der Waals surface area contributed by atoms with Crippen molar-refractivity contribution in [3.05, 3.63) is 33.7 Å². The third-order valence-corrected chi connectivity index (χ3v) is 6.52. The number of carboxylic acid groups (broad SMARTS) is 1. The number of nitrogens with zero attached hydrogens (tertiary/aromatic N) is 2. The number of hydrogen-bond donors (Lipinski definition) is 5. The average molecular weight is 620 g/mol. The van der Waals surface area contributed by atoms with E-state index < -0.39 is 92.7 Å². The Morgan fingerprint density at radius 3 is 2.30 bits per heavy atom. The van der Waals surface area contributed by atoms with Gasteiger partial charge in [0.2, 0.25) is 12.9 Å². The molecule has 1 fully saturated rings. The van der Waals surface area contributed by atoms with Crippen LogP contribution in [0.5, 0.6) is 5.75 Å². The first-order valence-corrected chi connectivity index (χ1v) is 12.4. The van der Waals surface area contributed by atoms with E-state index in [9.17, 15) is 62.4 Å². The number of nitrogens with one attached hydrogen (secondary N) is 1. The molecule has 226 valence electrons. The van der Waals surface area contributed by atoms with Crippen molar-refractivity contribution in [2.45, 2.75) is 42.0 Å². The molecule has 2 aliphatic rings. The molecule has 2 atom stereocenters. The third kappa shape index (κ3) is 6.80. The molecule has 13 nitrogen and oxygen atoms in total. The molecule has 0 spiro atoms. The minimum Gasteiger partial charge on any atom is -0.480 e. The standard InChI is InChI=1S/C18H17F8N3O10S/c19-17(20,21)14-10(16(32)37-7-38-27-29(36)28-3-1-2-12(28)15(30)31)5-8-4-9(40(22,23,24,25)26)6-11(13(8)39-14)18(33,34)35/h4-6,12,14,33-35H,1-3,7H2,(H-,27,30,31,36)/p+1/t12-,14?/m0/s1. The Balaban J connectivity index is 1.89. The highest BCUT2D eigenvalue weighted by Gasteiger charge is 2.66. The van der Waals surface area contributed by atoms with Crippen molar-refractivity contribution in [1.82, 2.24) is 10.6 Å². The summed E-state index contributed by atoms with van der Waals surface area (Å²) in [5, 5.41) is 37.8. The molecule has 0 aromatic heterocycles. The van der Waals surface area contributed by atoms with E-state index in [1.54, 1.807) is 5.59 Å². The van der Waals surface area contributed by atoms with Crippen LogP contribution >= 0.6 is 10.2 Å². The number of hydrogen-bond acceptors (Lipinski definition) is 9. The predicted octanol–water partition coefficient (Wildman–Crippen LogP) is 2.32. The lowest BCUT2D eigenvalue weighted by atomic mass is 9.98. The van der Waals surface area contributed by atoms with Gasteiger partial charge in [-0.1, -0.05) is 24.4 Å². The van der Waals surface area contributed by atoms with Crippen molar-refractivity contribution >= 4 is 28.2 Å². The highest BCUT2D eigenvalue weighted by molar-refractivity contribution is 8.45. The van der Waals surface area contributed by atoms with E-state index in [2.05, 4.69) is 14.3 Å². The molecule has 0 radical (unpaired) electrons. The lowest BCUT2D eigenvalue weighted by Crippen LogP contribution is -2.48. The van der Waals surface area contributed by atoms with Crippen molar-refractivity contribution < 1.29 is 81.9 Å². The first kappa shape index (κ1) is 31.1. The van der Waals surface area contributed by atoms with Gasteiger partial charge in [0.1, 0.15) is 10.6 Å². The van der Waals surface area contributed by atoms with Gasteiger partial charge in [0.25, 0.3) is 4.98 Å². The lowest BCUT2D eigenvalue weighted by molar-refractivity contribution is -0.791. The molecule has 0 saturated carbocycles. The summed E-state index contributed by atoms with van der Waals surface area (Å²) in [4.78, 5) is 36.7. The summed E-state index contributed by atoms with van der Waals surface area (Å²) >= 11 is 0. The number of aliphatic carboxylic acids is 1. The van der Waals surface area contributed by atoms with E-state index in [0.717, 1.165) is 5.01 Å². The molecule has 5 N–H and O–H groups in total. The summed E-state index contributed by atoms with van der Waals surface area (Å²) in [5.41, 5.74) is -3.35. The van der Waals surface area contributed by atoms with E-state index in [1.807, 2.05) is 0 Å². The fourth-order valence-electron chi connectivity index (χ4n) is 3.69. The molecule has 1 saturated heterocycles. The molecule has 22 heteroatoms. The van der Waals surface area contributed by atoms with Crippen LogP contribution in [0.15, 0.2) is 22.6 Å². The van der Waals surface area contributed by atoms with Gasteiger partial charge in [0.15, 0.2) is 6.04 Å². The van der Waals surface area contributed by atoms with Crippen LogP contribution in [-0.4, -0.2) is 74.0 Å². The van der Waals surface area contributed by atoms with Crippen molar-refractivity contribution in [1.29, 1.82) is 0 Å². The van der Waals surface area contributed by atoms with E-state index in [-0.39, 0.29) is 24.0 Å². The van der Waals surface area contributed by atoms with Crippen LogP contribution in [0.3, 0.4) is 0 Å². The first-order valence-electron chi connectivity index (χ1n) is 10.5. The normalized spacial score (nSPS) is 21.4. The molecule has 40 heavy (non-hydrogen) atoms. The van der Waals surface area contributed by atoms with E-state index in [1.165, 1.54) is 0 Å².